The van der Waals surface area contributed by atoms with Crippen LogP contribution < -0.4 is 5.73 Å². The average molecular weight is 234 g/mol. The first-order valence-electron chi connectivity index (χ1n) is 4.92. The average Bonchev–Trinajstić information content (AvgIpc) is 2.74. The molecule has 0 saturated carbocycles. The Hall–Kier alpha value is -2.37. The molecule has 0 aliphatic heterocycles. The van der Waals surface area contributed by atoms with Crippen molar-refractivity contribution in [3.05, 3.63) is 47.5 Å². The van der Waals surface area contributed by atoms with Crippen LogP contribution in [0.5, 0.6) is 0 Å². The van der Waals surface area contributed by atoms with E-state index < -0.39 is 5.82 Å². The highest BCUT2D eigenvalue weighted by Gasteiger charge is 2.14. The number of amidine groups is 1. The van der Waals surface area contributed by atoms with Crippen molar-refractivity contribution in [3.63, 3.8) is 0 Å². The number of hydrogen-bond donors (Lipinski definition) is 2. The minimum Gasteiger partial charge on any atom is -0.409 e. The number of nitrogens with zero attached hydrogens (tertiary/aromatic N) is 3. The second-order valence-corrected chi connectivity index (χ2v) is 3.52. The van der Waals surface area contributed by atoms with Crippen LogP contribution in [0.15, 0.2) is 35.6 Å². The van der Waals surface area contributed by atoms with E-state index in [2.05, 4.69) is 10.3 Å². The fourth-order valence-corrected chi connectivity index (χ4v) is 1.56. The molecule has 0 saturated heterocycles. The minimum absolute atomic E-state index is 0.0260. The summed E-state index contributed by atoms with van der Waals surface area (Å²) in [7, 11) is 0. The molecule has 1 heterocycles. The third-order valence-corrected chi connectivity index (χ3v) is 2.32. The van der Waals surface area contributed by atoms with Crippen molar-refractivity contribution in [2.75, 3.05) is 0 Å². The van der Waals surface area contributed by atoms with Crippen molar-refractivity contribution in [1.29, 1.82) is 0 Å². The predicted molar refractivity (Wildman–Crippen MR) is 60.8 cm³/mol. The van der Waals surface area contributed by atoms with Crippen LogP contribution in [0, 0.1) is 12.7 Å². The Labute approximate surface area is 97.0 Å². The Morgan fingerprint density at radius 1 is 1.47 bits per heavy atom. The number of aromatic nitrogens is 2. The molecule has 1 aromatic heterocycles. The van der Waals surface area contributed by atoms with Crippen molar-refractivity contribution in [2.45, 2.75) is 6.92 Å². The maximum Gasteiger partial charge on any atom is 0.175 e. The van der Waals surface area contributed by atoms with Crippen LogP contribution >= 0.6 is 0 Å². The van der Waals surface area contributed by atoms with E-state index >= 15 is 0 Å². The van der Waals surface area contributed by atoms with Crippen LogP contribution in [0.3, 0.4) is 0 Å². The summed E-state index contributed by atoms with van der Waals surface area (Å²) in [4.78, 5) is 0. The zero-order chi connectivity index (χ0) is 12.4. The van der Waals surface area contributed by atoms with Gasteiger partial charge in [0.05, 0.1) is 16.9 Å². The first-order valence-corrected chi connectivity index (χ1v) is 4.92. The van der Waals surface area contributed by atoms with E-state index in [4.69, 9.17) is 10.9 Å². The maximum absolute atomic E-state index is 13.7. The van der Waals surface area contributed by atoms with E-state index in [-0.39, 0.29) is 11.4 Å². The lowest BCUT2D eigenvalue weighted by atomic mass is 10.1. The molecule has 2 rings (SSSR count). The summed E-state index contributed by atoms with van der Waals surface area (Å²) in [6.07, 6.45) is 1.68. The van der Waals surface area contributed by atoms with E-state index in [1.807, 2.05) is 6.92 Å². The molecule has 0 fully saturated rings. The summed E-state index contributed by atoms with van der Waals surface area (Å²) in [5.41, 5.74) is 6.70. The van der Waals surface area contributed by atoms with Crippen molar-refractivity contribution in [2.24, 2.45) is 10.9 Å². The Morgan fingerprint density at radius 3 is 2.82 bits per heavy atom. The molecule has 0 bridgehead atoms. The predicted octanol–water partition coefficient (Wildman–Crippen LogP) is 1.41. The van der Waals surface area contributed by atoms with Crippen molar-refractivity contribution < 1.29 is 9.60 Å². The molecule has 88 valence electrons. The molecule has 3 N–H and O–H groups in total. The molecule has 2 aromatic rings. The van der Waals surface area contributed by atoms with E-state index in [1.165, 1.54) is 16.8 Å². The standard InChI is InChI=1S/C11H11FN4O/c1-7-5-6-16(14-7)9-4-2-3-8(12)10(9)11(13)15-17/h2-6,17H,1H3,(H2,13,15). The van der Waals surface area contributed by atoms with Crippen LogP contribution in [0.25, 0.3) is 5.69 Å². The second kappa shape index (κ2) is 4.25. The molecule has 0 unspecified atom stereocenters. The van der Waals surface area contributed by atoms with Gasteiger partial charge in [0.1, 0.15) is 5.82 Å². The summed E-state index contributed by atoms with van der Waals surface area (Å²) in [5, 5.41) is 15.6. The molecular weight excluding hydrogens is 223 g/mol. The van der Waals surface area contributed by atoms with Gasteiger partial charge in [-0.15, -0.1) is 0 Å². The van der Waals surface area contributed by atoms with Crippen molar-refractivity contribution >= 4 is 5.84 Å². The summed E-state index contributed by atoms with van der Waals surface area (Å²) >= 11 is 0. The van der Waals surface area contributed by atoms with Crippen LogP contribution in [-0.4, -0.2) is 20.8 Å². The van der Waals surface area contributed by atoms with Gasteiger partial charge < -0.3 is 10.9 Å². The number of nitrogens with two attached hydrogens (primary N) is 1. The molecule has 0 aliphatic rings. The minimum atomic E-state index is -0.564. The SMILES string of the molecule is Cc1ccn(-c2cccc(F)c2C(N)=NO)n1. The summed E-state index contributed by atoms with van der Waals surface area (Å²) < 4.78 is 15.1. The quantitative estimate of drug-likeness (QED) is 0.357. The third-order valence-electron chi connectivity index (χ3n) is 2.32. The Morgan fingerprint density at radius 2 is 2.24 bits per heavy atom. The van der Waals surface area contributed by atoms with E-state index in [1.54, 1.807) is 18.3 Å². The molecule has 1 aromatic carbocycles. The van der Waals surface area contributed by atoms with Crippen molar-refractivity contribution in [3.8, 4) is 5.69 Å². The molecule has 0 atom stereocenters. The van der Waals surface area contributed by atoms with Gasteiger partial charge in [-0.05, 0) is 25.1 Å². The Kier molecular flexibility index (Phi) is 2.78. The van der Waals surface area contributed by atoms with E-state index in [9.17, 15) is 4.39 Å². The molecule has 0 spiro atoms. The van der Waals surface area contributed by atoms with Gasteiger partial charge in [-0.25, -0.2) is 9.07 Å². The molecule has 0 amide bonds. The van der Waals surface area contributed by atoms with Gasteiger partial charge in [0.25, 0.3) is 0 Å². The van der Waals surface area contributed by atoms with Gasteiger partial charge in [0.15, 0.2) is 5.84 Å². The van der Waals surface area contributed by atoms with Crippen LogP contribution in [-0.2, 0) is 0 Å². The number of oxime groups is 1. The largest absolute Gasteiger partial charge is 0.409 e. The molecule has 5 nitrogen and oxygen atoms in total. The Balaban J connectivity index is 2.66. The second-order valence-electron chi connectivity index (χ2n) is 3.52. The van der Waals surface area contributed by atoms with Crippen LogP contribution in [0.1, 0.15) is 11.3 Å². The van der Waals surface area contributed by atoms with Gasteiger partial charge in [-0.1, -0.05) is 11.2 Å². The fourth-order valence-electron chi connectivity index (χ4n) is 1.56. The molecule has 6 heteroatoms. The lowest BCUT2D eigenvalue weighted by Crippen LogP contribution is -2.18. The van der Waals surface area contributed by atoms with Gasteiger partial charge in [-0.3, -0.25) is 0 Å². The molecule has 17 heavy (non-hydrogen) atoms. The molecule has 0 aliphatic carbocycles. The monoisotopic (exact) mass is 234 g/mol. The van der Waals surface area contributed by atoms with Crippen LogP contribution in [0.4, 0.5) is 4.39 Å². The van der Waals surface area contributed by atoms with Gasteiger partial charge in [0.2, 0.25) is 0 Å². The highest BCUT2D eigenvalue weighted by atomic mass is 19.1. The number of aryl methyl sites for hydroxylation is 1. The van der Waals surface area contributed by atoms with E-state index in [0.29, 0.717) is 5.69 Å². The number of benzene rings is 1. The number of rotatable bonds is 2. The zero-order valence-electron chi connectivity index (χ0n) is 9.13. The first-order chi connectivity index (χ1) is 8.13. The van der Waals surface area contributed by atoms with Crippen LogP contribution in [0.2, 0.25) is 0 Å². The normalized spacial score (nSPS) is 11.8. The molecule has 0 radical (unpaired) electrons. The van der Waals surface area contributed by atoms with Crippen molar-refractivity contribution in [1.82, 2.24) is 9.78 Å². The smallest absolute Gasteiger partial charge is 0.175 e. The molecular formula is C11H11FN4O. The first kappa shape index (κ1) is 11.1. The van der Waals surface area contributed by atoms with Gasteiger partial charge in [-0.2, -0.15) is 5.10 Å². The number of halogens is 1. The lowest BCUT2D eigenvalue weighted by molar-refractivity contribution is 0.318. The summed E-state index contributed by atoms with van der Waals surface area (Å²) in [5.74, 6) is -0.850. The third kappa shape index (κ3) is 1.96. The topological polar surface area (TPSA) is 76.4 Å². The fraction of sp³-hybridized carbons (Fsp3) is 0.0909. The van der Waals surface area contributed by atoms with Gasteiger partial charge >= 0.3 is 0 Å². The Bertz CT molecular complexity index is 577. The highest BCUT2D eigenvalue weighted by molar-refractivity contribution is 6.00. The lowest BCUT2D eigenvalue weighted by Gasteiger charge is -2.08. The maximum atomic E-state index is 13.7. The number of hydrogen-bond acceptors (Lipinski definition) is 3. The zero-order valence-corrected chi connectivity index (χ0v) is 9.13. The summed E-state index contributed by atoms with van der Waals surface area (Å²) in [6.45, 7) is 1.82. The summed E-state index contributed by atoms with van der Waals surface area (Å²) in [6, 6.07) is 6.20. The van der Waals surface area contributed by atoms with E-state index in [0.717, 1.165) is 5.69 Å². The highest BCUT2D eigenvalue weighted by Crippen LogP contribution is 2.17. The van der Waals surface area contributed by atoms with Gasteiger partial charge in [0, 0.05) is 6.20 Å².